The van der Waals surface area contributed by atoms with Gasteiger partial charge in [0.05, 0.1) is 11.9 Å². The minimum Gasteiger partial charge on any atom is -0.364 e. The van der Waals surface area contributed by atoms with E-state index in [1.807, 2.05) is 42.6 Å². The summed E-state index contributed by atoms with van der Waals surface area (Å²) in [6.45, 7) is 2.04. The molecule has 1 aromatic carbocycles. The van der Waals surface area contributed by atoms with Crippen LogP contribution in [0, 0.1) is 0 Å². The van der Waals surface area contributed by atoms with Gasteiger partial charge in [0, 0.05) is 42.5 Å². The highest BCUT2D eigenvalue weighted by molar-refractivity contribution is 6.09. The molecular formula is C17H19Cl2N3O. The van der Waals surface area contributed by atoms with Crippen LogP contribution in [0.1, 0.15) is 22.3 Å². The van der Waals surface area contributed by atoms with Crippen molar-refractivity contribution in [1.29, 1.82) is 0 Å². The second kappa shape index (κ2) is 7.30. The Hall–Kier alpha value is -1.62. The number of rotatable bonds is 3. The molecule has 1 aromatic heterocycles. The molecule has 0 radical (unpaired) electrons. The summed E-state index contributed by atoms with van der Waals surface area (Å²) >= 11 is 0. The fourth-order valence-corrected chi connectivity index (χ4v) is 3.34. The van der Waals surface area contributed by atoms with E-state index in [-0.39, 0.29) is 30.6 Å². The van der Waals surface area contributed by atoms with Crippen LogP contribution in [0.15, 0.2) is 48.8 Å². The second-order valence-electron chi connectivity index (χ2n) is 5.77. The number of carbonyl (C=O) groups is 1. The van der Waals surface area contributed by atoms with E-state index in [0.717, 1.165) is 18.8 Å². The number of hydrogen-bond donors (Lipinski definition) is 1. The van der Waals surface area contributed by atoms with Crippen molar-refractivity contribution in [2.75, 3.05) is 18.0 Å². The minimum absolute atomic E-state index is 0. The van der Waals surface area contributed by atoms with Crippen molar-refractivity contribution >= 4 is 36.3 Å². The number of carbonyl (C=O) groups excluding carboxylic acids is 1. The minimum atomic E-state index is 0. The van der Waals surface area contributed by atoms with Gasteiger partial charge in [-0.1, -0.05) is 30.3 Å². The van der Waals surface area contributed by atoms with Gasteiger partial charge in [-0.2, -0.15) is 0 Å². The number of anilines is 1. The van der Waals surface area contributed by atoms with Gasteiger partial charge in [0.25, 0.3) is 0 Å². The van der Waals surface area contributed by atoms with Gasteiger partial charge in [-0.05, 0) is 12.5 Å². The number of benzene rings is 1. The van der Waals surface area contributed by atoms with Gasteiger partial charge >= 0.3 is 0 Å². The molecule has 0 amide bonds. The topological polar surface area (TPSA) is 45.2 Å². The maximum Gasteiger partial charge on any atom is 0.194 e. The molecule has 2 atom stereocenters. The van der Waals surface area contributed by atoms with Crippen molar-refractivity contribution in [2.24, 2.45) is 0 Å². The molecule has 2 fully saturated rings. The van der Waals surface area contributed by atoms with Crippen molar-refractivity contribution in [3.63, 3.8) is 0 Å². The number of aromatic nitrogens is 1. The van der Waals surface area contributed by atoms with Gasteiger partial charge in [0.15, 0.2) is 5.78 Å². The number of hydrogen-bond acceptors (Lipinski definition) is 4. The third kappa shape index (κ3) is 3.34. The monoisotopic (exact) mass is 351 g/mol. The summed E-state index contributed by atoms with van der Waals surface area (Å²) < 4.78 is 0. The van der Waals surface area contributed by atoms with Crippen LogP contribution in [-0.2, 0) is 0 Å². The Morgan fingerprint density at radius 2 is 1.91 bits per heavy atom. The highest BCUT2D eigenvalue weighted by atomic mass is 35.5. The molecule has 122 valence electrons. The van der Waals surface area contributed by atoms with Crippen LogP contribution in [0.5, 0.6) is 0 Å². The molecule has 6 heteroatoms. The first kappa shape index (κ1) is 17.7. The zero-order valence-electron chi connectivity index (χ0n) is 12.5. The Morgan fingerprint density at radius 1 is 1.13 bits per heavy atom. The van der Waals surface area contributed by atoms with Crippen molar-refractivity contribution in [1.82, 2.24) is 10.3 Å². The van der Waals surface area contributed by atoms with Gasteiger partial charge in [0.2, 0.25) is 0 Å². The van der Waals surface area contributed by atoms with E-state index in [1.54, 1.807) is 6.20 Å². The predicted octanol–water partition coefficient (Wildman–Crippen LogP) is 2.71. The van der Waals surface area contributed by atoms with Gasteiger partial charge in [-0.15, -0.1) is 24.8 Å². The maximum atomic E-state index is 12.5. The first-order valence-corrected chi connectivity index (χ1v) is 7.36. The van der Waals surface area contributed by atoms with E-state index < -0.39 is 0 Å². The number of piperazine rings is 1. The smallest absolute Gasteiger partial charge is 0.194 e. The Morgan fingerprint density at radius 3 is 2.57 bits per heavy atom. The lowest BCUT2D eigenvalue weighted by Gasteiger charge is -2.29. The molecule has 4 rings (SSSR count). The van der Waals surface area contributed by atoms with E-state index >= 15 is 0 Å². The molecule has 2 aliphatic rings. The Kier molecular flexibility index (Phi) is 5.63. The number of halogens is 2. The van der Waals surface area contributed by atoms with Crippen molar-refractivity contribution in [3.8, 4) is 0 Å². The molecule has 2 aromatic rings. The number of ketones is 1. The summed E-state index contributed by atoms with van der Waals surface area (Å²) in [4.78, 5) is 19.1. The summed E-state index contributed by atoms with van der Waals surface area (Å²) in [5, 5.41) is 3.49. The molecule has 0 aliphatic carbocycles. The average Bonchev–Trinajstić information content (AvgIpc) is 3.18. The Bertz CT molecular complexity index is 681. The van der Waals surface area contributed by atoms with Crippen molar-refractivity contribution in [3.05, 3.63) is 59.9 Å². The molecule has 3 heterocycles. The van der Waals surface area contributed by atoms with Gasteiger partial charge in [-0.3, -0.25) is 9.78 Å². The molecular weight excluding hydrogens is 333 g/mol. The zero-order valence-corrected chi connectivity index (χ0v) is 14.1. The van der Waals surface area contributed by atoms with Crippen LogP contribution in [0.4, 0.5) is 5.69 Å². The summed E-state index contributed by atoms with van der Waals surface area (Å²) in [5.41, 5.74) is 2.43. The molecule has 0 saturated carbocycles. The van der Waals surface area contributed by atoms with Crippen LogP contribution in [-0.4, -0.2) is 35.9 Å². The van der Waals surface area contributed by atoms with Gasteiger partial charge in [0.1, 0.15) is 0 Å². The number of fused-ring (bicyclic) bond motifs is 2. The van der Waals surface area contributed by atoms with Crippen LogP contribution < -0.4 is 10.2 Å². The quantitative estimate of drug-likeness (QED) is 0.863. The highest BCUT2D eigenvalue weighted by Gasteiger charge is 2.37. The van der Waals surface area contributed by atoms with Crippen LogP contribution >= 0.6 is 24.8 Å². The molecule has 0 spiro atoms. The Balaban J connectivity index is 0.000000960. The summed E-state index contributed by atoms with van der Waals surface area (Å²) in [6, 6.07) is 12.5. The van der Waals surface area contributed by atoms with E-state index in [2.05, 4.69) is 15.2 Å². The lowest BCUT2D eigenvalue weighted by atomic mass is 10.0. The van der Waals surface area contributed by atoms with E-state index in [9.17, 15) is 4.79 Å². The molecule has 4 nitrogen and oxygen atoms in total. The first-order valence-electron chi connectivity index (χ1n) is 7.36. The molecule has 23 heavy (non-hydrogen) atoms. The first-order chi connectivity index (χ1) is 10.3. The normalized spacial score (nSPS) is 21.5. The molecule has 2 bridgehead atoms. The summed E-state index contributed by atoms with van der Waals surface area (Å²) in [6.07, 6.45) is 4.71. The SMILES string of the molecule is Cl.Cl.O=C(c1ccccc1)c1cncc(N2C[C@@H]3C[C@H]2CN3)c1. The van der Waals surface area contributed by atoms with Crippen LogP contribution in [0.2, 0.25) is 0 Å². The van der Waals surface area contributed by atoms with E-state index in [1.165, 1.54) is 6.42 Å². The summed E-state index contributed by atoms with van der Waals surface area (Å²) in [7, 11) is 0. The van der Waals surface area contributed by atoms with Gasteiger partial charge in [-0.25, -0.2) is 0 Å². The number of nitrogens with one attached hydrogen (secondary N) is 1. The molecule has 0 unspecified atom stereocenters. The largest absolute Gasteiger partial charge is 0.364 e. The lowest BCUT2D eigenvalue weighted by molar-refractivity contribution is 0.103. The van der Waals surface area contributed by atoms with Crippen molar-refractivity contribution < 1.29 is 4.79 Å². The second-order valence-corrected chi connectivity index (χ2v) is 5.77. The fourth-order valence-electron chi connectivity index (χ4n) is 3.34. The predicted molar refractivity (Wildman–Crippen MR) is 96.1 cm³/mol. The third-order valence-electron chi connectivity index (χ3n) is 4.41. The summed E-state index contributed by atoms with van der Waals surface area (Å²) in [5.74, 6) is 0.0347. The number of pyridine rings is 1. The third-order valence-corrected chi connectivity index (χ3v) is 4.41. The lowest BCUT2D eigenvalue weighted by Crippen LogP contribution is -2.43. The van der Waals surface area contributed by atoms with Crippen molar-refractivity contribution in [2.45, 2.75) is 18.5 Å². The maximum absolute atomic E-state index is 12.5. The van der Waals surface area contributed by atoms with E-state index in [4.69, 9.17) is 0 Å². The highest BCUT2D eigenvalue weighted by Crippen LogP contribution is 2.29. The average molecular weight is 352 g/mol. The zero-order chi connectivity index (χ0) is 14.2. The fraction of sp³-hybridized carbons (Fsp3) is 0.294. The van der Waals surface area contributed by atoms with Crippen LogP contribution in [0.3, 0.4) is 0 Å². The van der Waals surface area contributed by atoms with E-state index in [0.29, 0.717) is 23.2 Å². The molecule has 1 N–H and O–H groups in total. The Labute approximate surface area is 148 Å². The van der Waals surface area contributed by atoms with Gasteiger partial charge < -0.3 is 10.2 Å². The number of nitrogens with zero attached hydrogens (tertiary/aromatic N) is 2. The standard InChI is InChI=1S/C17H17N3O.2ClH/c21-17(12-4-2-1-3-5-12)13-6-15(9-18-8-13)20-11-14-7-16(20)10-19-14;;/h1-6,8-9,14,16,19H,7,10-11H2;2*1H/t14-,16-;;/m0../s1. The molecule has 2 saturated heterocycles. The molecule has 2 aliphatic heterocycles. The van der Waals surface area contributed by atoms with Crippen LogP contribution in [0.25, 0.3) is 0 Å².